The first-order valence-corrected chi connectivity index (χ1v) is 7.83. The van der Waals surface area contributed by atoms with Gasteiger partial charge in [-0.05, 0) is 43.2 Å². The normalized spacial score (nSPS) is 36.7. The zero-order valence-corrected chi connectivity index (χ0v) is 13.3. The van der Waals surface area contributed by atoms with Gasteiger partial charge in [0.05, 0.1) is 11.6 Å². The van der Waals surface area contributed by atoms with E-state index >= 15 is 0 Å². The second-order valence-electron chi connectivity index (χ2n) is 7.38. The Balaban J connectivity index is 1.97. The van der Waals surface area contributed by atoms with Gasteiger partial charge in [-0.1, -0.05) is 32.0 Å². The number of nitrogens with zero attached hydrogens (tertiary/aromatic N) is 1. The van der Waals surface area contributed by atoms with Gasteiger partial charge in [-0.15, -0.1) is 0 Å². The Kier molecular flexibility index (Phi) is 3.17. The molecular weight excluding hydrogens is 262 g/mol. The first kappa shape index (κ1) is 14.6. The molecule has 3 nitrogen and oxygen atoms in total. The largest absolute Gasteiger partial charge is 0.392 e. The zero-order valence-electron chi connectivity index (χ0n) is 13.3. The molecule has 2 saturated carbocycles. The molecule has 2 fully saturated rings. The van der Waals surface area contributed by atoms with Gasteiger partial charge in [0, 0.05) is 18.5 Å². The van der Waals surface area contributed by atoms with E-state index < -0.39 is 0 Å². The summed E-state index contributed by atoms with van der Waals surface area (Å²) in [5.41, 5.74) is 0.339. The highest BCUT2D eigenvalue weighted by atomic mass is 16.3. The summed E-state index contributed by atoms with van der Waals surface area (Å²) in [6.07, 6.45) is 1.80. The van der Waals surface area contributed by atoms with Crippen molar-refractivity contribution in [3.8, 4) is 0 Å². The number of carbonyl (C=O) groups is 1. The third kappa shape index (κ3) is 1.73. The number of amides is 1. The number of benzene rings is 1. The van der Waals surface area contributed by atoms with E-state index in [9.17, 15) is 9.90 Å². The third-order valence-corrected chi connectivity index (χ3v) is 6.59. The van der Waals surface area contributed by atoms with Crippen molar-refractivity contribution < 1.29 is 9.90 Å². The lowest BCUT2D eigenvalue weighted by molar-refractivity contribution is -0.0198. The van der Waals surface area contributed by atoms with E-state index in [0.717, 1.165) is 12.8 Å². The van der Waals surface area contributed by atoms with Crippen LogP contribution in [0.5, 0.6) is 0 Å². The Bertz CT molecular complexity index is 554. The molecule has 21 heavy (non-hydrogen) atoms. The maximum absolute atomic E-state index is 12.9. The van der Waals surface area contributed by atoms with Crippen LogP contribution in [0.15, 0.2) is 30.3 Å². The average molecular weight is 287 g/mol. The predicted molar refractivity (Wildman–Crippen MR) is 82.9 cm³/mol. The van der Waals surface area contributed by atoms with Crippen LogP contribution in [0.1, 0.15) is 44.0 Å². The summed E-state index contributed by atoms with van der Waals surface area (Å²) in [5.74, 6) is 0.514. The topological polar surface area (TPSA) is 40.5 Å². The van der Waals surface area contributed by atoms with Gasteiger partial charge in [0.2, 0.25) is 0 Å². The second kappa shape index (κ2) is 4.57. The minimum absolute atomic E-state index is 0.0472. The molecule has 0 heterocycles. The standard InChI is InChI=1S/C18H25NO2/c1-17(2)13-10-11-14(15(13)20)18(17,3)19(4)16(21)12-8-6-5-7-9-12/h5-9,13-15,20H,10-11H2,1-4H3/t13-,14?,15+,18+/m0/s1. The fourth-order valence-corrected chi connectivity index (χ4v) is 4.90. The summed E-state index contributed by atoms with van der Waals surface area (Å²) in [5, 5.41) is 10.6. The Hall–Kier alpha value is -1.35. The van der Waals surface area contributed by atoms with E-state index in [1.165, 1.54) is 0 Å². The number of rotatable bonds is 2. The lowest BCUT2D eigenvalue weighted by Gasteiger charge is -2.52. The molecule has 2 aliphatic rings. The van der Waals surface area contributed by atoms with E-state index in [2.05, 4.69) is 20.8 Å². The van der Waals surface area contributed by atoms with Crippen LogP contribution in [0.25, 0.3) is 0 Å². The molecule has 1 N–H and O–H groups in total. The summed E-state index contributed by atoms with van der Waals surface area (Å²) in [7, 11) is 1.89. The maximum atomic E-state index is 12.9. The summed E-state index contributed by atoms with van der Waals surface area (Å²) in [4.78, 5) is 14.7. The fraction of sp³-hybridized carbons (Fsp3) is 0.611. The Labute approximate surface area is 127 Å². The van der Waals surface area contributed by atoms with Crippen molar-refractivity contribution in [2.45, 2.75) is 45.3 Å². The molecule has 0 saturated heterocycles. The summed E-state index contributed by atoms with van der Waals surface area (Å²) < 4.78 is 0. The van der Waals surface area contributed by atoms with Crippen LogP contribution in [-0.4, -0.2) is 34.6 Å². The van der Waals surface area contributed by atoms with Gasteiger partial charge in [-0.25, -0.2) is 0 Å². The average Bonchev–Trinajstić information content (AvgIpc) is 2.92. The smallest absolute Gasteiger partial charge is 0.254 e. The molecule has 4 atom stereocenters. The zero-order chi connectivity index (χ0) is 15.4. The second-order valence-corrected chi connectivity index (χ2v) is 7.38. The monoisotopic (exact) mass is 287 g/mol. The molecule has 1 aromatic rings. The highest BCUT2D eigenvalue weighted by molar-refractivity contribution is 5.94. The third-order valence-electron chi connectivity index (χ3n) is 6.59. The van der Waals surface area contributed by atoms with E-state index in [0.29, 0.717) is 11.5 Å². The molecule has 1 unspecified atom stereocenters. The SMILES string of the molecule is CN(C(=O)c1ccccc1)[C@]1(C)C2CC[C@@H]([C@H]2O)C1(C)C. The van der Waals surface area contributed by atoms with Crippen LogP contribution in [-0.2, 0) is 0 Å². The van der Waals surface area contributed by atoms with E-state index in [1.807, 2.05) is 42.3 Å². The highest BCUT2D eigenvalue weighted by Crippen LogP contribution is 2.63. The van der Waals surface area contributed by atoms with Crippen LogP contribution < -0.4 is 0 Å². The first-order chi connectivity index (χ1) is 9.81. The molecule has 0 aromatic heterocycles. The van der Waals surface area contributed by atoms with Crippen molar-refractivity contribution in [2.24, 2.45) is 17.3 Å². The van der Waals surface area contributed by atoms with E-state index in [1.54, 1.807) is 0 Å². The molecule has 0 aliphatic heterocycles. The van der Waals surface area contributed by atoms with Crippen molar-refractivity contribution in [1.82, 2.24) is 4.90 Å². The van der Waals surface area contributed by atoms with Crippen LogP contribution in [0.3, 0.4) is 0 Å². The van der Waals surface area contributed by atoms with E-state index in [-0.39, 0.29) is 28.9 Å². The summed E-state index contributed by atoms with van der Waals surface area (Å²) in [6, 6.07) is 9.43. The van der Waals surface area contributed by atoms with Crippen molar-refractivity contribution in [1.29, 1.82) is 0 Å². The molecule has 3 rings (SSSR count). The summed E-state index contributed by atoms with van der Waals surface area (Å²) >= 11 is 0. The Morgan fingerprint density at radius 1 is 1.14 bits per heavy atom. The van der Waals surface area contributed by atoms with Gasteiger partial charge in [0.1, 0.15) is 0 Å². The van der Waals surface area contributed by atoms with Crippen molar-refractivity contribution in [2.75, 3.05) is 7.05 Å². The van der Waals surface area contributed by atoms with Crippen LogP contribution in [0, 0.1) is 17.3 Å². The Morgan fingerprint density at radius 3 is 2.24 bits per heavy atom. The van der Waals surface area contributed by atoms with Crippen LogP contribution in [0.2, 0.25) is 0 Å². The molecular formula is C18H25NO2. The molecule has 2 bridgehead atoms. The number of aliphatic hydroxyl groups excluding tert-OH is 1. The predicted octanol–water partition coefficient (Wildman–Crippen LogP) is 2.94. The van der Waals surface area contributed by atoms with Gasteiger partial charge in [0.25, 0.3) is 5.91 Å². The molecule has 0 spiro atoms. The maximum Gasteiger partial charge on any atom is 0.254 e. The molecule has 0 radical (unpaired) electrons. The van der Waals surface area contributed by atoms with Crippen molar-refractivity contribution in [3.63, 3.8) is 0 Å². The van der Waals surface area contributed by atoms with Gasteiger partial charge < -0.3 is 10.0 Å². The Morgan fingerprint density at radius 2 is 1.71 bits per heavy atom. The number of carbonyl (C=O) groups excluding carboxylic acids is 1. The first-order valence-electron chi connectivity index (χ1n) is 7.83. The van der Waals surface area contributed by atoms with Gasteiger partial charge >= 0.3 is 0 Å². The minimum Gasteiger partial charge on any atom is -0.392 e. The number of hydrogen-bond donors (Lipinski definition) is 1. The minimum atomic E-state index is -0.303. The van der Waals surface area contributed by atoms with Gasteiger partial charge in [0.15, 0.2) is 0 Å². The van der Waals surface area contributed by atoms with Crippen molar-refractivity contribution in [3.05, 3.63) is 35.9 Å². The molecule has 1 aromatic carbocycles. The molecule has 3 heteroatoms. The fourth-order valence-electron chi connectivity index (χ4n) is 4.90. The van der Waals surface area contributed by atoms with Crippen LogP contribution >= 0.6 is 0 Å². The summed E-state index contributed by atoms with van der Waals surface area (Å²) in [6.45, 7) is 6.56. The lowest BCUT2D eigenvalue weighted by atomic mass is 9.63. The number of hydrogen-bond acceptors (Lipinski definition) is 2. The van der Waals surface area contributed by atoms with E-state index in [4.69, 9.17) is 0 Å². The molecule has 2 aliphatic carbocycles. The lowest BCUT2D eigenvalue weighted by Crippen LogP contribution is -2.59. The highest BCUT2D eigenvalue weighted by Gasteiger charge is 2.67. The van der Waals surface area contributed by atoms with Crippen LogP contribution in [0.4, 0.5) is 0 Å². The molecule has 114 valence electrons. The molecule has 1 amide bonds. The van der Waals surface area contributed by atoms with Gasteiger partial charge in [-0.2, -0.15) is 0 Å². The number of fused-ring (bicyclic) bond motifs is 2. The van der Waals surface area contributed by atoms with Gasteiger partial charge in [-0.3, -0.25) is 4.79 Å². The number of aliphatic hydroxyl groups is 1. The quantitative estimate of drug-likeness (QED) is 0.908. The van der Waals surface area contributed by atoms with Crippen molar-refractivity contribution >= 4 is 5.91 Å².